The average molecular weight is 307 g/mol. The summed E-state index contributed by atoms with van der Waals surface area (Å²) >= 11 is 0. The SMILES string of the molecule is C=CC1COC2CC1C(=O)C1c3[nH]c4ccccc4c3C=C[NH+]21. The van der Waals surface area contributed by atoms with Crippen LogP contribution >= 0.6 is 0 Å². The molecule has 0 radical (unpaired) electrons. The van der Waals surface area contributed by atoms with E-state index in [1.165, 1.54) is 5.39 Å². The number of fused-ring (bicyclic) bond motifs is 8. The standard InChI is InChI=1S/C19H18N2O2/c1-2-11-10-23-16-9-14(11)19(22)18-17-13(7-8-21(16)18)12-5-3-4-6-15(12)20-17/h2-8,11,14,16,18,20H,1,9-10H2/p+1. The van der Waals surface area contributed by atoms with Gasteiger partial charge in [0, 0.05) is 40.8 Å². The van der Waals surface area contributed by atoms with Crippen molar-refractivity contribution in [3.63, 3.8) is 0 Å². The number of hydrogen-bond acceptors (Lipinski definition) is 2. The predicted octanol–water partition coefficient (Wildman–Crippen LogP) is 1.83. The third kappa shape index (κ3) is 1.70. The summed E-state index contributed by atoms with van der Waals surface area (Å²) in [5.74, 6) is 0.492. The van der Waals surface area contributed by atoms with Gasteiger partial charge >= 0.3 is 0 Å². The Morgan fingerprint density at radius 2 is 2.22 bits per heavy atom. The van der Waals surface area contributed by atoms with E-state index in [4.69, 9.17) is 4.74 Å². The highest BCUT2D eigenvalue weighted by atomic mass is 16.5. The van der Waals surface area contributed by atoms with Crippen LogP contribution in [0.3, 0.4) is 0 Å². The van der Waals surface area contributed by atoms with Gasteiger partial charge in [-0.05, 0) is 6.07 Å². The number of rotatable bonds is 1. The van der Waals surface area contributed by atoms with Crippen LogP contribution in [0.15, 0.2) is 43.1 Å². The summed E-state index contributed by atoms with van der Waals surface area (Å²) in [4.78, 5) is 17.8. The maximum atomic E-state index is 13.2. The molecule has 0 aliphatic carbocycles. The van der Waals surface area contributed by atoms with E-state index in [0.29, 0.717) is 12.4 Å². The fraction of sp³-hybridized carbons (Fsp3) is 0.316. The van der Waals surface area contributed by atoms with E-state index in [-0.39, 0.29) is 24.1 Å². The molecule has 1 aromatic heterocycles. The summed E-state index contributed by atoms with van der Waals surface area (Å²) in [6, 6.07) is 8.05. The van der Waals surface area contributed by atoms with Crippen molar-refractivity contribution in [2.24, 2.45) is 11.8 Å². The summed E-state index contributed by atoms with van der Waals surface area (Å²) in [5, 5.41) is 1.18. The third-order valence-corrected chi connectivity index (χ3v) is 5.64. The Morgan fingerprint density at radius 1 is 1.35 bits per heavy atom. The van der Waals surface area contributed by atoms with Crippen molar-refractivity contribution in [2.75, 3.05) is 6.61 Å². The number of quaternary nitrogens is 1. The Bertz CT molecular complexity index is 850. The van der Waals surface area contributed by atoms with Gasteiger partial charge in [-0.1, -0.05) is 24.3 Å². The van der Waals surface area contributed by atoms with Gasteiger partial charge in [0.1, 0.15) is 0 Å². The molecule has 3 aliphatic rings. The molecular formula is C19H19N2O2+. The molecule has 3 aliphatic heterocycles. The maximum Gasteiger partial charge on any atom is 0.200 e. The van der Waals surface area contributed by atoms with Gasteiger partial charge in [0.25, 0.3) is 0 Å². The van der Waals surface area contributed by atoms with Gasteiger partial charge < -0.3 is 9.72 Å². The number of ether oxygens (including phenoxy) is 1. The zero-order chi connectivity index (χ0) is 15.6. The minimum Gasteiger partial charge on any atom is -0.353 e. The van der Waals surface area contributed by atoms with Crippen molar-refractivity contribution in [2.45, 2.75) is 18.7 Å². The molecule has 0 spiro atoms. The minimum absolute atomic E-state index is 0.0331. The number of nitrogens with one attached hydrogen (secondary N) is 2. The first-order valence-electron chi connectivity index (χ1n) is 8.21. The van der Waals surface area contributed by atoms with Crippen molar-refractivity contribution in [1.29, 1.82) is 0 Å². The van der Waals surface area contributed by atoms with Crippen molar-refractivity contribution < 1.29 is 14.4 Å². The van der Waals surface area contributed by atoms with E-state index in [2.05, 4.69) is 36.0 Å². The van der Waals surface area contributed by atoms with Crippen LogP contribution in [-0.2, 0) is 9.53 Å². The second-order valence-corrected chi connectivity index (χ2v) is 6.73. The largest absolute Gasteiger partial charge is 0.353 e. The lowest BCUT2D eigenvalue weighted by Crippen LogP contribution is -3.15. The molecule has 5 unspecified atom stereocenters. The normalized spacial score (nSPS) is 35.0. The molecule has 0 saturated carbocycles. The molecular weight excluding hydrogens is 288 g/mol. The number of aromatic amines is 1. The Morgan fingerprint density at radius 3 is 3.09 bits per heavy atom. The first kappa shape index (κ1) is 13.3. The Labute approximate surface area is 134 Å². The summed E-state index contributed by atoms with van der Waals surface area (Å²) < 4.78 is 6.03. The molecule has 5 atom stereocenters. The molecule has 2 aromatic rings. The number of benzene rings is 1. The quantitative estimate of drug-likeness (QED) is 0.790. The summed E-state index contributed by atoms with van der Waals surface area (Å²) in [7, 11) is 0. The molecule has 0 amide bonds. The predicted molar refractivity (Wildman–Crippen MR) is 87.6 cm³/mol. The molecule has 1 aromatic carbocycles. The fourth-order valence-corrected chi connectivity index (χ4v) is 4.46. The Balaban J connectivity index is 1.68. The number of aromatic nitrogens is 1. The van der Waals surface area contributed by atoms with Gasteiger partial charge in [-0.3, -0.25) is 9.69 Å². The van der Waals surface area contributed by atoms with Crippen molar-refractivity contribution in [3.05, 3.63) is 54.4 Å². The van der Waals surface area contributed by atoms with Crippen molar-refractivity contribution >= 4 is 22.8 Å². The minimum atomic E-state index is -0.186. The highest BCUT2D eigenvalue weighted by Gasteiger charge is 2.53. The number of piperidine rings is 1. The van der Waals surface area contributed by atoms with Gasteiger partial charge in [-0.2, -0.15) is 0 Å². The highest BCUT2D eigenvalue weighted by molar-refractivity contribution is 5.95. The average Bonchev–Trinajstić information content (AvgIpc) is 2.98. The lowest BCUT2D eigenvalue weighted by molar-refractivity contribution is -0.928. The van der Waals surface area contributed by atoms with E-state index in [0.717, 1.165) is 28.1 Å². The zero-order valence-corrected chi connectivity index (χ0v) is 12.8. The molecule has 23 heavy (non-hydrogen) atoms. The van der Waals surface area contributed by atoms with E-state index in [1.807, 2.05) is 18.2 Å². The summed E-state index contributed by atoms with van der Waals surface area (Å²) in [6.45, 7) is 4.49. The van der Waals surface area contributed by atoms with Gasteiger partial charge in [0.2, 0.25) is 5.78 Å². The lowest BCUT2D eigenvalue weighted by Gasteiger charge is -2.45. The van der Waals surface area contributed by atoms with Crippen LogP contribution in [0.1, 0.15) is 23.7 Å². The number of hydrogen-bond donors (Lipinski definition) is 2. The van der Waals surface area contributed by atoms with Crippen molar-refractivity contribution in [1.82, 2.24) is 4.98 Å². The number of Topliss-reactive ketones (excluding diaryl/α,β-unsaturated/α-hetero) is 1. The number of carbonyl (C=O) groups excluding carboxylic acids is 1. The van der Waals surface area contributed by atoms with E-state index in [9.17, 15) is 4.79 Å². The maximum absolute atomic E-state index is 13.2. The molecule has 4 nitrogen and oxygen atoms in total. The molecule has 5 rings (SSSR count). The zero-order valence-electron chi connectivity index (χ0n) is 12.8. The summed E-state index contributed by atoms with van der Waals surface area (Å²) in [5.41, 5.74) is 3.28. The van der Waals surface area contributed by atoms with Crippen molar-refractivity contribution in [3.8, 4) is 0 Å². The number of H-pyrrole nitrogens is 1. The number of carbonyl (C=O) groups is 1. The van der Waals surface area contributed by atoms with Crippen LogP contribution in [0.25, 0.3) is 17.0 Å². The molecule has 2 bridgehead atoms. The smallest absolute Gasteiger partial charge is 0.200 e. The topological polar surface area (TPSA) is 46.5 Å². The first-order chi connectivity index (χ1) is 11.3. The second kappa shape index (κ2) is 4.66. The molecule has 2 N–H and O–H groups in total. The van der Waals surface area contributed by atoms with Crippen LogP contribution in [-0.4, -0.2) is 23.6 Å². The van der Waals surface area contributed by atoms with E-state index < -0.39 is 0 Å². The molecule has 2 saturated heterocycles. The fourth-order valence-electron chi connectivity index (χ4n) is 4.46. The molecule has 4 heterocycles. The summed E-state index contributed by atoms with van der Waals surface area (Å²) in [6.07, 6.45) is 6.99. The van der Waals surface area contributed by atoms with Gasteiger partial charge in [-0.25, -0.2) is 0 Å². The van der Waals surface area contributed by atoms with Crippen LogP contribution in [0.2, 0.25) is 0 Å². The van der Waals surface area contributed by atoms with E-state index >= 15 is 0 Å². The van der Waals surface area contributed by atoms with Crippen LogP contribution in [0.4, 0.5) is 0 Å². The lowest BCUT2D eigenvalue weighted by atomic mass is 9.76. The molecule has 2 fully saturated rings. The van der Waals surface area contributed by atoms with Crippen LogP contribution < -0.4 is 4.90 Å². The molecule has 116 valence electrons. The number of para-hydroxylation sites is 1. The highest BCUT2D eigenvalue weighted by Crippen LogP contribution is 2.37. The molecule has 4 heteroatoms. The van der Waals surface area contributed by atoms with Gasteiger partial charge in [-0.15, -0.1) is 6.58 Å². The van der Waals surface area contributed by atoms with Gasteiger partial charge in [0.15, 0.2) is 12.3 Å². The monoisotopic (exact) mass is 307 g/mol. The van der Waals surface area contributed by atoms with Crippen LogP contribution in [0, 0.1) is 11.8 Å². The van der Waals surface area contributed by atoms with Crippen LogP contribution in [0.5, 0.6) is 0 Å². The first-order valence-corrected chi connectivity index (χ1v) is 8.21. The second-order valence-electron chi connectivity index (χ2n) is 6.73. The number of ketones is 1. The van der Waals surface area contributed by atoms with E-state index in [1.54, 1.807) is 0 Å². The third-order valence-electron chi connectivity index (χ3n) is 5.64. The Kier molecular flexibility index (Phi) is 2.69. The Hall–Kier alpha value is -2.17. The van der Waals surface area contributed by atoms with Gasteiger partial charge in [0.05, 0.1) is 18.5 Å².